The third-order valence-corrected chi connectivity index (χ3v) is 5.28. The molecule has 0 saturated heterocycles. The highest BCUT2D eigenvalue weighted by atomic mass is 32.2. The van der Waals surface area contributed by atoms with Gasteiger partial charge in [0, 0.05) is 11.1 Å². The van der Waals surface area contributed by atoms with Crippen LogP contribution in [0.2, 0.25) is 0 Å². The number of carbonyl (C=O) groups excluding carboxylic acids is 1. The molecule has 0 saturated carbocycles. The van der Waals surface area contributed by atoms with Crippen molar-refractivity contribution in [1.82, 2.24) is 0 Å². The maximum absolute atomic E-state index is 11.5. The Labute approximate surface area is 184 Å². The number of aryl methyl sites for hydroxylation is 2. The number of anilines is 1. The summed E-state index contributed by atoms with van der Waals surface area (Å²) < 4.78 is 32.3. The topological polar surface area (TPSA) is 141 Å². The molecule has 3 aromatic carbocycles. The zero-order chi connectivity index (χ0) is 23.3. The van der Waals surface area contributed by atoms with E-state index >= 15 is 0 Å². The lowest BCUT2D eigenvalue weighted by molar-refractivity contribution is 0.112. The molecule has 0 atom stereocenters. The van der Waals surface area contributed by atoms with Crippen LogP contribution in [0.4, 0.5) is 11.4 Å². The van der Waals surface area contributed by atoms with E-state index in [0.29, 0.717) is 23.1 Å². The minimum absolute atomic E-state index is 0.0508. The van der Waals surface area contributed by atoms with E-state index in [2.05, 4.69) is 20.8 Å². The van der Waals surface area contributed by atoms with Crippen LogP contribution in [0.15, 0.2) is 80.9 Å². The zero-order valence-corrected chi connectivity index (χ0v) is 18.0. The van der Waals surface area contributed by atoms with Gasteiger partial charge < -0.3 is 5.11 Å². The lowest BCUT2D eigenvalue weighted by atomic mass is 10.1. The van der Waals surface area contributed by atoms with Crippen LogP contribution < -0.4 is 5.43 Å². The lowest BCUT2D eigenvalue weighted by Gasteiger charge is -2.09. The Hall–Kier alpha value is -3.89. The van der Waals surface area contributed by atoms with Crippen molar-refractivity contribution in [1.29, 1.82) is 0 Å². The summed E-state index contributed by atoms with van der Waals surface area (Å²) in [5.74, 6) is -0.135. The van der Waals surface area contributed by atoms with Crippen molar-refractivity contribution >= 4 is 33.6 Å². The molecule has 0 aliphatic carbocycles. The Morgan fingerprint density at radius 2 is 1.75 bits per heavy atom. The Morgan fingerprint density at radius 3 is 2.41 bits per heavy atom. The molecule has 10 heteroatoms. The molecule has 0 heterocycles. The number of phenolic OH excluding ortho intramolecular Hbond substituents is 1. The molecule has 32 heavy (non-hydrogen) atoms. The molecular weight excluding hydrogens is 432 g/mol. The number of azo groups is 1. The highest BCUT2D eigenvalue weighted by Gasteiger charge is 2.15. The summed E-state index contributed by atoms with van der Waals surface area (Å²) in [4.78, 5) is 10.9. The molecule has 0 bridgehead atoms. The van der Waals surface area contributed by atoms with Crippen molar-refractivity contribution in [3.63, 3.8) is 0 Å². The Morgan fingerprint density at radius 1 is 1.03 bits per heavy atom. The van der Waals surface area contributed by atoms with Crippen LogP contribution in [-0.2, 0) is 10.1 Å². The van der Waals surface area contributed by atoms with Gasteiger partial charge in [-0.25, -0.2) is 0 Å². The molecule has 0 unspecified atom stereocenters. The van der Waals surface area contributed by atoms with E-state index in [1.54, 1.807) is 48.5 Å². The van der Waals surface area contributed by atoms with Crippen LogP contribution in [0, 0.1) is 13.8 Å². The van der Waals surface area contributed by atoms with Crippen molar-refractivity contribution in [2.24, 2.45) is 15.3 Å². The van der Waals surface area contributed by atoms with E-state index in [9.17, 15) is 22.9 Å². The summed E-state index contributed by atoms with van der Waals surface area (Å²) in [5, 5.41) is 22.7. The summed E-state index contributed by atoms with van der Waals surface area (Å²) in [5.41, 5.74) is 4.93. The van der Waals surface area contributed by atoms with Crippen LogP contribution in [0.5, 0.6) is 5.75 Å². The van der Waals surface area contributed by atoms with Crippen LogP contribution in [0.25, 0.3) is 0 Å². The first-order valence-corrected chi connectivity index (χ1v) is 10.8. The molecule has 164 valence electrons. The SMILES string of the molecule is Cc1ccc(N=NC(=NNc2cc(S(=O)(=O)O)cc(C)c2O)c2ccccc2)c(C=O)c1. The Balaban J connectivity index is 2.03. The lowest BCUT2D eigenvalue weighted by Crippen LogP contribution is -2.04. The highest BCUT2D eigenvalue weighted by molar-refractivity contribution is 7.85. The highest BCUT2D eigenvalue weighted by Crippen LogP contribution is 2.31. The third-order valence-electron chi connectivity index (χ3n) is 4.45. The average molecular weight is 452 g/mol. The first-order chi connectivity index (χ1) is 15.2. The van der Waals surface area contributed by atoms with E-state index < -0.39 is 15.0 Å². The average Bonchev–Trinajstić information content (AvgIpc) is 2.76. The standard InChI is InChI=1S/C22H20N4O5S/c1-14-8-9-19(17(10-14)13-27)23-25-22(16-6-4-3-5-7-16)26-24-20-12-18(32(29,30)31)11-15(2)21(20)28/h3-13,24,28H,1-2H3,(H,29,30,31). The maximum atomic E-state index is 11.5. The first-order valence-electron chi connectivity index (χ1n) is 9.37. The molecule has 9 nitrogen and oxygen atoms in total. The molecule has 3 rings (SSSR count). The molecule has 0 aliphatic rings. The van der Waals surface area contributed by atoms with Crippen molar-refractivity contribution in [3.05, 3.63) is 82.9 Å². The number of benzene rings is 3. The number of hydrazone groups is 1. The minimum atomic E-state index is -4.49. The van der Waals surface area contributed by atoms with Gasteiger partial charge in [0.25, 0.3) is 10.1 Å². The number of amidine groups is 1. The van der Waals surface area contributed by atoms with Crippen LogP contribution in [-0.4, -0.2) is 30.2 Å². The van der Waals surface area contributed by atoms with Gasteiger partial charge in [0.1, 0.15) is 5.75 Å². The number of phenols is 1. The number of hydrogen-bond donors (Lipinski definition) is 3. The van der Waals surface area contributed by atoms with Gasteiger partial charge >= 0.3 is 0 Å². The first kappa shape index (κ1) is 22.8. The van der Waals surface area contributed by atoms with E-state index in [4.69, 9.17) is 0 Å². The Bertz CT molecular complexity index is 1320. The maximum Gasteiger partial charge on any atom is 0.294 e. The van der Waals surface area contributed by atoms with E-state index in [1.165, 1.54) is 6.92 Å². The second kappa shape index (κ2) is 9.50. The van der Waals surface area contributed by atoms with E-state index in [0.717, 1.165) is 17.7 Å². The summed E-state index contributed by atoms with van der Waals surface area (Å²) in [6.45, 7) is 3.33. The van der Waals surface area contributed by atoms with Gasteiger partial charge in [0.05, 0.1) is 16.3 Å². The van der Waals surface area contributed by atoms with Gasteiger partial charge in [-0.15, -0.1) is 10.2 Å². The van der Waals surface area contributed by atoms with Crippen LogP contribution in [0.3, 0.4) is 0 Å². The fourth-order valence-electron chi connectivity index (χ4n) is 2.79. The molecule has 0 spiro atoms. The molecule has 0 amide bonds. The molecule has 0 aromatic heterocycles. The van der Waals surface area contributed by atoms with Gasteiger partial charge in [-0.05, 0) is 43.7 Å². The fraction of sp³-hybridized carbons (Fsp3) is 0.0909. The number of nitrogens with one attached hydrogen (secondary N) is 1. The van der Waals surface area contributed by atoms with Crippen molar-refractivity contribution in [2.45, 2.75) is 18.7 Å². The van der Waals surface area contributed by atoms with Gasteiger partial charge in [-0.3, -0.25) is 14.8 Å². The smallest absolute Gasteiger partial charge is 0.294 e. The van der Waals surface area contributed by atoms with Crippen molar-refractivity contribution in [2.75, 3.05) is 5.43 Å². The van der Waals surface area contributed by atoms with E-state index in [1.807, 2.05) is 6.92 Å². The summed E-state index contributed by atoms with van der Waals surface area (Å²) in [6, 6.07) is 16.1. The number of nitrogens with zero attached hydrogens (tertiary/aromatic N) is 3. The molecular formula is C22H20N4O5S. The monoisotopic (exact) mass is 452 g/mol. The molecule has 3 aromatic rings. The molecule has 0 aliphatic heterocycles. The largest absolute Gasteiger partial charge is 0.505 e. The predicted octanol–water partition coefficient (Wildman–Crippen LogP) is 4.63. The summed E-state index contributed by atoms with van der Waals surface area (Å²) in [7, 11) is -4.49. The second-order valence-corrected chi connectivity index (χ2v) is 8.33. The predicted molar refractivity (Wildman–Crippen MR) is 120 cm³/mol. The number of hydrogen-bond acceptors (Lipinski definition) is 7. The number of rotatable bonds is 6. The summed E-state index contributed by atoms with van der Waals surface area (Å²) >= 11 is 0. The number of carbonyl (C=O) groups is 1. The molecule has 0 fully saturated rings. The minimum Gasteiger partial charge on any atom is -0.505 e. The third kappa shape index (κ3) is 5.42. The summed E-state index contributed by atoms with van der Waals surface area (Å²) in [6.07, 6.45) is 0.681. The van der Waals surface area contributed by atoms with Gasteiger partial charge in [0.2, 0.25) is 5.84 Å². The van der Waals surface area contributed by atoms with Crippen molar-refractivity contribution in [3.8, 4) is 5.75 Å². The fourth-order valence-corrected chi connectivity index (χ4v) is 3.38. The molecule has 3 N–H and O–H groups in total. The molecule has 0 radical (unpaired) electrons. The zero-order valence-electron chi connectivity index (χ0n) is 17.2. The van der Waals surface area contributed by atoms with Crippen LogP contribution in [0.1, 0.15) is 27.0 Å². The number of aldehydes is 1. The number of aromatic hydroxyl groups is 1. The normalized spacial score (nSPS) is 12.2. The van der Waals surface area contributed by atoms with Gasteiger partial charge in [-0.1, -0.05) is 42.0 Å². The van der Waals surface area contributed by atoms with Crippen molar-refractivity contribution < 1.29 is 22.9 Å². The van der Waals surface area contributed by atoms with Gasteiger partial charge in [0.15, 0.2) is 6.29 Å². The van der Waals surface area contributed by atoms with Gasteiger partial charge in [-0.2, -0.15) is 13.5 Å². The quantitative estimate of drug-likeness (QED) is 0.0947. The van der Waals surface area contributed by atoms with E-state index in [-0.39, 0.29) is 22.8 Å². The van der Waals surface area contributed by atoms with Crippen LogP contribution >= 0.6 is 0 Å². The Kier molecular flexibility index (Phi) is 6.76. The second-order valence-electron chi connectivity index (χ2n) is 6.90.